The summed E-state index contributed by atoms with van der Waals surface area (Å²) in [5, 5.41) is 13.6. The molecular weight excluding hydrogens is 709 g/mol. The number of carbonyl (C=O) groups excluding carboxylic acids is 5. The first-order valence-corrected chi connectivity index (χ1v) is 20.4. The molecule has 1 atom stereocenters. The molecule has 0 aromatic heterocycles. The zero-order valence-corrected chi connectivity index (χ0v) is 34.3. The van der Waals surface area contributed by atoms with Crippen molar-refractivity contribution in [1.82, 2.24) is 30.2 Å². The number of benzene rings is 2. The Morgan fingerprint density at radius 3 is 2.04 bits per heavy atom. The van der Waals surface area contributed by atoms with Crippen LogP contribution >= 0.6 is 0 Å². The van der Waals surface area contributed by atoms with Crippen LogP contribution in [0.4, 0.5) is 0 Å². The molecule has 1 aliphatic rings. The summed E-state index contributed by atoms with van der Waals surface area (Å²) in [5.41, 5.74) is 7.70. The number of guanidine groups is 1. The highest BCUT2D eigenvalue weighted by Gasteiger charge is 2.35. The van der Waals surface area contributed by atoms with E-state index < -0.39 is 6.04 Å². The molecular formula is C43H66N8O5. The number of nitrogens with one attached hydrogen (secondary N) is 3. The predicted octanol–water partition coefficient (Wildman–Crippen LogP) is 3.97. The molecule has 1 saturated heterocycles. The molecule has 56 heavy (non-hydrogen) atoms. The lowest BCUT2D eigenvalue weighted by molar-refractivity contribution is -0.148. The van der Waals surface area contributed by atoms with Crippen molar-refractivity contribution in [3.63, 3.8) is 0 Å². The normalized spacial score (nSPS) is 13.9. The van der Waals surface area contributed by atoms with E-state index in [9.17, 15) is 24.0 Å². The standard InChI is InChI=1S/C43H66N8O5/c1-6-7-22-38(52)37-21-16-25-50(37)42(56)31-51(33(4)5)41(55)30-48(24-15-14-23-47-43(44)45)40(54)29-49(28-32(2)3)39(53)27-46-26-36(34-17-10-8-11-18-34)35-19-12-9-13-20-35/h8-13,17-20,32-33,36-37,46H,6-7,14-16,21-31H2,1-5H3,(H4,44,45,47). The number of nitrogens with two attached hydrogens (primary N) is 1. The lowest BCUT2D eigenvalue weighted by Crippen LogP contribution is -2.53. The van der Waals surface area contributed by atoms with Gasteiger partial charge in [-0.1, -0.05) is 87.9 Å². The Bertz CT molecular complexity index is 1510. The molecule has 4 amide bonds. The SMILES string of the molecule is CCCCC(=O)C1CCCN1C(=O)CN(C(=O)CN(CCCCNC(=N)N)C(=O)CN(CC(C)C)C(=O)CNCC(c1ccccc1)c1ccccc1)C(C)C. The molecule has 0 radical (unpaired) electrons. The van der Waals surface area contributed by atoms with Gasteiger partial charge in [0.25, 0.3) is 0 Å². The lowest BCUT2D eigenvalue weighted by atomic mass is 9.91. The van der Waals surface area contributed by atoms with Gasteiger partial charge >= 0.3 is 0 Å². The summed E-state index contributed by atoms with van der Waals surface area (Å²) in [6.07, 6.45) is 4.60. The third-order valence-corrected chi connectivity index (χ3v) is 10.1. The number of Topliss-reactive ketones (excluding diaryl/α,β-unsaturated/α-hetero) is 1. The fraction of sp³-hybridized carbons (Fsp3) is 0.581. The number of hydrogen-bond acceptors (Lipinski definition) is 7. The number of likely N-dealkylation sites (tertiary alicyclic amines) is 1. The summed E-state index contributed by atoms with van der Waals surface area (Å²) in [5.74, 6) is -1.19. The number of nitrogens with zero attached hydrogens (tertiary/aromatic N) is 4. The van der Waals surface area contributed by atoms with Gasteiger partial charge in [-0.25, -0.2) is 0 Å². The van der Waals surface area contributed by atoms with Crippen LogP contribution in [0, 0.1) is 11.3 Å². The van der Waals surface area contributed by atoms with E-state index in [1.165, 1.54) is 9.80 Å². The van der Waals surface area contributed by atoms with Gasteiger partial charge in [0.2, 0.25) is 23.6 Å². The molecule has 2 aromatic rings. The molecule has 1 heterocycles. The summed E-state index contributed by atoms with van der Waals surface area (Å²) in [7, 11) is 0. The second kappa shape index (κ2) is 24.0. The molecule has 5 N–H and O–H groups in total. The molecule has 0 aliphatic carbocycles. The first-order chi connectivity index (χ1) is 26.8. The summed E-state index contributed by atoms with van der Waals surface area (Å²) < 4.78 is 0. The number of hydrogen-bond donors (Lipinski definition) is 4. The largest absolute Gasteiger partial charge is 0.370 e. The Morgan fingerprint density at radius 1 is 0.839 bits per heavy atom. The molecule has 3 rings (SSSR count). The van der Waals surface area contributed by atoms with Crippen LogP contribution in [-0.4, -0.2) is 126 Å². The highest BCUT2D eigenvalue weighted by Crippen LogP contribution is 2.24. The molecule has 13 heteroatoms. The average Bonchev–Trinajstić information content (AvgIpc) is 3.67. The summed E-state index contributed by atoms with van der Waals surface area (Å²) >= 11 is 0. The van der Waals surface area contributed by atoms with Crippen molar-refractivity contribution < 1.29 is 24.0 Å². The van der Waals surface area contributed by atoms with E-state index in [0.29, 0.717) is 51.9 Å². The second-order valence-corrected chi connectivity index (χ2v) is 15.5. The molecule has 0 bridgehead atoms. The minimum Gasteiger partial charge on any atom is -0.370 e. The topological polar surface area (TPSA) is 172 Å². The van der Waals surface area contributed by atoms with Crippen molar-refractivity contribution in [2.45, 2.75) is 97.6 Å². The van der Waals surface area contributed by atoms with Crippen molar-refractivity contribution in [3.05, 3.63) is 71.8 Å². The number of carbonyl (C=O) groups is 5. The third-order valence-electron chi connectivity index (χ3n) is 10.1. The van der Waals surface area contributed by atoms with Crippen molar-refractivity contribution in [2.24, 2.45) is 11.7 Å². The van der Waals surface area contributed by atoms with Crippen molar-refractivity contribution in [3.8, 4) is 0 Å². The second-order valence-electron chi connectivity index (χ2n) is 15.5. The molecule has 0 spiro atoms. The zero-order chi connectivity index (χ0) is 41.0. The number of amides is 4. The lowest BCUT2D eigenvalue weighted by Gasteiger charge is -2.33. The molecule has 1 unspecified atom stereocenters. The number of ketones is 1. The van der Waals surface area contributed by atoms with Gasteiger partial charge in [0.1, 0.15) is 6.54 Å². The predicted molar refractivity (Wildman–Crippen MR) is 221 cm³/mol. The van der Waals surface area contributed by atoms with Crippen molar-refractivity contribution in [1.29, 1.82) is 5.41 Å². The van der Waals surface area contributed by atoms with E-state index in [2.05, 4.69) is 34.9 Å². The van der Waals surface area contributed by atoms with Gasteiger partial charge in [0.05, 0.1) is 25.7 Å². The average molecular weight is 775 g/mol. The van der Waals surface area contributed by atoms with Gasteiger partial charge < -0.3 is 36.0 Å². The Kier molecular flexibility index (Phi) is 19.5. The van der Waals surface area contributed by atoms with Gasteiger partial charge in [-0.05, 0) is 63.0 Å². The Morgan fingerprint density at radius 2 is 1.46 bits per heavy atom. The molecule has 1 aliphatic heterocycles. The van der Waals surface area contributed by atoms with E-state index in [0.717, 1.165) is 30.4 Å². The Labute approximate surface area is 334 Å². The van der Waals surface area contributed by atoms with E-state index in [1.54, 1.807) is 9.80 Å². The Hall–Kier alpha value is -4.78. The fourth-order valence-electron chi connectivity index (χ4n) is 7.10. The van der Waals surface area contributed by atoms with E-state index >= 15 is 0 Å². The van der Waals surface area contributed by atoms with E-state index in [-0.39, 0.29) is 86.0 Å². The van der Waals surface area contributed by atoms with Gasteiger partial charge in [-0.3, -0.25) is 29.4 Å². The van der Waals surface area contributed by atoms with Crippen LogP contribution in [0.15, 0.2) is 60.7 Å². The third kappa shape index (κ3) is 15.0. The maximum atomic E-state index is 14.1. The van der Waals surface area contributed by atoms with Crippen LogP contribution in [0.5, 0.6) is 0 Å². The molecule has 2 aromatic carbocycles. The zero-order valence-electron chi connectivity index (χ0n) is 34.3. The first-order valence-electron chi connectivity index (χ1n) is 20.4. The van der Waals surface area contributed by atoms with Gasteiger partial charge in [0.15, 0.2) is 11.7 Å². The van der Waals surface area contributed by atoms with Crippen molar-refractivity contribution in [2.75, 3.05) is 58.9 Å². The van der Waals surface area contributed by atoms with Crippen LogP contribution < -0.4 is 16.4 Å². The Balaban J connectivity index is 1.73. The van der Waals surface area contributed by atoms with Crippen LogP contribution in [-0.2, 0) is 24.0 Å². The fourth-order valence-corrected chi connectivity index (χ4v) is 7.10. The minimum atomic E-state index is -0.457. The molecule has 1 fully saturated rings. The summed E-state index contributed by atoms with van der Waals surface area (Å²) in [4.78, 5) is 74.5. The number of rotatable bonds is 24. The van der Waals surface area contributed by atoms with Gasteiger partial charge in [0, 0.05) is 51.1 Å². The summed E-state index contributed by atoms with van der Waals surface area (Å²) in [6.45, 7) is 11.1. The maximum Gasteiger partial charge on any atom is 0.242 e. The minimum absolute atomic E-state index is 0.0260. The summed E-state index contributed by atoms with van der Waals surface area (Å²) in [6, 6.07) is 19.5. The van der Waals surface area contributed by atoms with Gasteiger partial charge in [-0.15, -0.1) is 0 Å². The smallest absolute Gasteiger partial charge is 0.242 e. The van der Waals surface area contributed by atoms with Crippen LogP contribution in [0.2, 0.25) is 0 Å². The molecule has 13 nitrogen and oxygen atoms in total. The van der Waals surface area contributed by atoms with Crippen LogP contribution in [0.1, 0.15) is 96.6 Å². The number of unbranched alkanes of at least 4 members (excludes halogenated alkanes) is 2. The van der Waals surface area contributed by atoms with Gasteiger partial charge in [-0.2, -0.15) is 0 Å². The van der Waals surface area contributed by atoms with Crippen molar-refractivity contribution >= 4 is 35.4 Å². The molecule has 0 saturated carbocycles. The highest BCUT2D eigenvalue weighted by molar-refractivity contribution is 5.93. The monoisotopic (exact) mass is 775 g/mol. The highest BCUT2D eigenvalue weighted by atomic mass is 16.2. The first kappa shape index (κ1) is 45.6. The maximum absolute atomic E-state index is 14.1. The van der Waals surface area contributed by atoms with Crippen LogP contribution in [0.25, 0.3) is 0 Å². The molecule has 308 valence electrons. The van der Waals surface area contributed by atoms with E-state index in [1.807, 2.05) is 71.0 Å². The quantitative estimate of drug-likeness (QED) is 0.0705. The van der Waals surface area contributed by atoms with Crippen LogP contribution in [0.3, 0.4) is 0 Å². The van der Waals surface area contributed by atoms with E-state index in [4.69, 9.17) is 11.1 Å².